The van der Waals surface area contributed by atoms with Crippen LogP contribution in [0, 0.1) is 15.0 Å². The second kappa shape index (κ2) is 3.02. The van der Waals surface area contributed by atoms with Gasteiger partial charge in [0.05, 0.1) is 5.56 Å². The van der Waals surface area contributed by atoms with E-state index in [1.165, 1.54) is 12.8 Å². The van der Waals surface area contributed by atoms with Gasteiger partial charge in [0.2, 0.25) is 0 Å². The van der Waals surface area contributed by atoms with Crippen molar-refractivity contribution < 1.29 is 0 Å². The third-order valence-electron chi connectivity index (χ3n) is 1.99. The molecule has 60 valence electrons. The van der Waals surface area contributed by atoms with Crippen LogP contribution in [0.15, 0.2) is 12.1 Å². The number of hydrogen-bond acceptors (Lipinski definition) is 2. The van der Waals surface area contributed by atoms with E-state index in [9.17, 15) is 0 Å². The van der Waals surface area contributed by atoms with E-state index in [0.717, 1.165) is 9.39 Å². The van der Waals surface area contributed by atoms with Crippen molar-refractivity contribution in [3.05, 3.63) is 27.1 Å². The molecule has 12 heavy (non-hydrogen) atoms. The Morgan fingerprint density at radius 2 is 2.25 bits per heavy atom. The van der Waals surface area contributed by atoms with Gasteiger partial charge in [-0.05, 0) is 47.6 Å². The van der Waals surface area contributed by atoms with E-state index in [2.05, 4.69) is 33.6 Å². The summed E-state index contributed by atoms with van der Waals surface area (Å²) in [6.45, 7) is 0. The third-order valence-corrected chi connectivity index (χ3v) is 2.81. The zero-order chi connectivity index (χ0) is 8.55. The molecule has 0 aromatic carbocycles. The molecule has 2 rings (SSSR count). The molecule has 0 aliphatic heterocycles. The van der Waals surface area contributed by atoms with E-state index in [1.807, 2.05) is 12.1 Å². The van der Waals surface area contributed by atoms with Gasteiger partial charge in [-0.2, -0.15) is 5.26 Å². The van der Waals surface area contributed by atoms with E-state index in [-0.39, 0.29) is 0 Å². The van der Waals surface area contributed by atoms with Gasteiger partial charge in [0.1, 0.15) is 9.77 Å². The minimum atomic E-state index is 0.672. The maximum atomic E-state index is 8.67. The molecule has 0 amide bonds. The highest BCUT2D eigenvalue weighted by Gasteiger charge is 2.25. The zero-order valence-electron chi connectivity index (χ0n) is 6.42. The molecule has 1 fully saturated rings. The number of pyridine rings is 1. The number of rotatable bonds is 1. The summed E-state index contributed by atoms with van der Waals surface area (Å²) >= 11 is 2.11. The van der Waals surface area contributed by atoms with Crippen molar-refractivity contribution in [2.45, 2.75) is 18.8 Å². The Balaban J connectivity index is 2.38. The summed E-state index contributed by atoms with van der Waals surface area (Å²) < 4.78 is 0.833. The molecular weight excluding hydrogens is 263 g/mol. The molecule has 1 aliphatic carbocycles. The molecule has 0 bridgehead atoms. The number of nitrogens with zero attached hydrogens (tertiary/aromatic N) is 2. The molecule has 0 spiro atoms. The number of aromatic nitrogens is 1. The average molecular weight is 270 g/mol. The van der Waals surface area contributed by atoms with Crippen LogP contribution in [0.25, 0.3) is 0 Å². The van der Waals surface area contributed by atoms with Crippen LogP contribution in [0.2, 0.25) is 0 Å². The fraction of sp³-hybridized carbons (Fsp3) is 0.333. The second-order valence-corrected chi connectivity index (χ2v) is 3.98. The summed E-state index contributed by atoms with van der Waals surface area (Å²) in [7, 11) is 0. The average Bonchev–Trinajstić information content (AvgIpc) is 2.86. The lowest BCUT2D eigenvalue weighted by Crippen LogP contribution is -1.92. The van der Waals surface area contributed by atoms with E-state index in [4.69, 9.17) is 5.26 Å². The fourth-order valence-corrected chi connectivity index (χ4v) is 1.72. The van der Waals surface area contributed by atoms with Gasteiger partial charge in [0.15, 0.2) is 0 Å². The highest BCUT2D eigenvalue weighted by Crippen LogP contribution is 2.39. The smallest absolute Gasteiger partial charge is 0.119 e. The SMILES string of the molecule is N#Cc1ccc(C2CC2)nc1I. The maximum Gasteiger partial charge on any atom is 0.119 e. The van der Waals surface area contributed by atoms with Crippen LogP contribution in [0.5, 0.6) is 0 Å². The van der Waals surface area contributed by atoms with Gasteiger partial charge in [-0.3, -0.25) is 0 Å². The Morgan fingerprint density at radius 3 is 2.75 bits per heavy atom. The van der Waals surface area contributed by atoms with Crippen LogP contribution in [0.1, 0.15) is 30.0 Å². The lowest BCUT2D eigenvalue weighted by molar-refractivity contribution is 1.00. The predicted molar refractivity (Wildman–Crippen MR) is 53.6 cm³/mol. The summed E-state index contributed by atoms with van der Waals surface area (Å²) in [5.74, 6) is 0.672. The van der Waals surface area contributed by atoms with E-state index >= 15 is 0 Å². The monoisotopic (exact) mass is 270 g/mol. The van der Waals surface area contributed by atoms with Crippen LogP contribution in [0.3, 0.4) is 0 Å². The van der Waals surface area contributed by atoms with E-state index in [1.54, 1.807) is 0 Å². The van der Waals surface area contributed by atoms with Crippen LogP contribution in [0.4, 0.5) is 0 Å². The first-order chi connectivity index (χ1) is 5.81. The van der Waals surface area contributed by atoms with E-state index < -0.39 is 0 Å². The molecule has 0 N–H and O–H groups in total. The van der Waals surface area contributed by atoms with Crippen molar-refractivity contribution in [3.63, 3.8) is 0 Å². The van der Waals surface area contributed by atoms with Crippen LogP contribution in [-0.4, -0.2) is 4.98 Å². The van der Waals surface area contributed by atoms with Crippen molar-refractivity contribution >= 4 is 22.6 Å². The molecule has 0 unspecified atom stereocenters. The quantitative estimate of drug-likeness (QED) is 0.580. The van der Waals surface area contributed by atoms with Crippen molar-refractivity contribution in [3.8, 4) is 6.07 Å². The number of nitriles is 1. The molecule has 0 radical (unpaired) electrons. The molecule has 0 atom stereocenters. The molecule has 1 aromatic heterocycles. The summed E-state index contributed by atoms with van der Waals surface area (Å²) in [5.41, 5.74) is 1.83. The highest BCUT2D eigenvalue weighted by atomic mass is 127. The zero-order valence-corrected chi connectivity index (χ0v) is 8.58. The topological polar surface area (TPSA) is 36.7 Å². The lowest BCUT2D eigenvalue weighted by atomic mass is 10.2. The molecule has 2 nitrogen and oxygen atoms in total. The van der Waals surface area contributed by atoms with Crippen molar-refractivity contribution in [2.24, 2.45) is 0 Å². The van der Waals surface area contributed by atoms with Gasteiger partial charge in [0.25, 0.3) is 0 Å². The molecule has 0 saturated heterocycles. The first kappa shape index (κ1) is 7.99. The minimum absolute atomic E-state index is 0.672. The summed E-state index contributed by atoms with van der Waals surface area (Å²) in [4.78, 5) is 4.37. The normalized spacial score (nSPS) is 15.7. The van der Waals surface area contributed by atoms with Crippen molar-refractivity contribution in [1.29, 1.82) is 5.26 Å². The van der Waals surface area contributed by atoms with Gasteiger partial charge < -0.3 is 0 Å². The molecule has 3 heteroatoms. The van der Waals surface area contributed by atoms with Gasteiger partial charge in [0, 0.05) is 11.6 Å². The molecule has 1 saturated carbocycles. The Morgan fingerprint density at radius 1 is 1.50 bits per heavy atom. The van der Waals surface area contributed by atoms with Gasteiger partial charge in [-0.25, -0.2) is 4.98 Å². The Hall–Kier alpha value is -0.630. The first-order valence-electron chi connectivity index (χ1n) is 3.88. The fourth-order valence-electron chi connectivity index (χ4n) is 1.14. The summed E-state index contributed by atoms with van der Waals surface area (Å²) in [5, 5.41) is 8.67. The molecular formula is C9H7IN2. The Labute approximate surface area is 84.8 Å². The van der Waals surface area contributed by atoms with Gasteiger partial charge in [-0.15, -0.1) is 0 Å². The molecule has 1 heterocycles. The third kappa shape index (κ3) is 1.44. The standard InChI is InChI=1S/C9H7IN2/c10-9-7(5-11)3-4-8(12-9)6-1-2-6/h3-4,6H,1-2H2. The molecule has 1 aromatic rings. The Bertz CT molecular complexity index is 350. The van der Waals surface area contributed by atoms with Gasteiger partial charge in [-0.1, -0.05) is 0 Å². The van der Waals surface area contributed by atoms with Crippen LogP contribution in [-0.2, 0) is 0 Å². The number of halogens is 1. The summed E-state index contributed by atoms with van der Waals surface area (Å²) in [6.07, 6.45) is 2.52. The van der Waals surface area contributed by atoms with Crippen LogP contribution < -0.4 is 0 Å². The minimum Gasteiger partial charge on any atom is -0.245 e. The van der Waals surface area contributed by atoms with Crippen molar-refractivity contribution in [1.82, 2.24) is 4.98 Å². The lowest BCUT2D eigenvalue weighted by Gasteiger charge is -1.98. The largest absolute Gasteiger partial charge is 0.245 e. The number of hydrogen-bond donors (Lipinski definition) is 0. The second-order valence-electron chi connectivity index (χ2n) is 2.96. The van der Waals surface area contributed by atoms with E-state index in [0.29, 0.717) is 11.5 Å². The first-order valence-corrected chi connectivity index (χ1v) is 4.95. The Kier molecular flexibility index (Phi) is 2.01. The maximum absolute atomic E-state index is 8.67. The highest BCUT2D eigenvalue weighted by molar-refractivity contribution is 14.1. The van der Waals surface area contributed by atoms with Crippen LogP contribution >= 0.6 is 22.6 Å². The molecule has 1 aliphatic rings. The van der Waals surface area contributed by atoms with Gasteiger partial charge >= 0.3 is 0 Å². The predicted octanol–water partition coefficient (Wildman–Crippen LogP) is 2.44. The van der Waals surface area contributed by atoms with Crippen molar-refractivity contribution in [2.75, 3.05) is 0 Å². The summed E-state index contributed by atoms with van der Waals surface area (Å²) in [6, 6.07) is 5.95.